The maximum Gasteiger partial charge on any atom is 0.236 e. The van der Waals surface area contributed by atoms with Crippen molar-refractivity contribution in [2.24, 2.45) is 11.8 Å². The molecule has 1 saturated carbocycles. The molecule has 0 aromatic heterocycles. The molecule has 0 atom stereocenters. The van der Waals surface area contributed by atoms with Gasteiger partial charge in [0.25, 0.3) is 0 Å². The van der Waals surface area contributed by atoms with Crippen molar-refractivity contribution in [3.05, 3.63) is 0 Å². The van der Waals surface area contributed by atoms with Crippen molar-refractivity contribution in [1.29, 1.82) is 0 Å². The van der Waals surface area contributed by atoms with E-state index in [1.165, 1.54) is 19.3 Å². The molecule has 0 aromatic rings. The topological polar surface area (TPSA) is 55.9 Å². The number of piperidine rings is 1. The van der Waals surface area contributed by atoms with Gasteiger partial charge in [-0.3, -0.25) is 14.5 Å². The molecule has 2 saturated heterocycles. The number of hydrogen-bond donors (Lipinski definition) is 1. The molecule has 6 nitrogen and oxygen atoms in total. The zero-order valence-corrected chi connectivity index (χ0v) is 16.2. The van der Waals surface area contributed by atoms with E-state index in [0.717, 1.165) is 38.4 Å². The van der Waals surface area contributed by atoms with Crippen LogP contribution in [0.25, 0.3) is 0 Å². The van der Waals surface area contributed by atoms with Crippen LogP contribution in [0.3, 0.4) is 0 Å². The number of amides is 2. The highest BCUT2D eigenvalue weighted by Crippen LogP contribution is 2.31. The van der Waals surface area contributed by atoms with Crippen molar-refractivity contribution >= 4 is 24.2 Å². The Hall–Kier alpha value is -0.850. The van der Waals surface area contributed by atoms with Gasteiger partial charge in [0.05, 0.1) is 6.54 Å². The van der Waals surface area contributed by atoms with Gasteiger partial charge in [-0.15, -0.1) is 12.4 Å². The molecule has 0 spiro atoms. The first kappa shape index (κ1) is 20.5. The second-order valence-electron chi connectivity index (χ2n) is 7.59. The Labute approximate surface area is 157 Å². The van der Waals surface area contributed by atoms with Crippen LogP contribution in [0.4, 0.5) is 0 Å². The van der Waals surface area contributed by atoms with E-state index < -0.39 is 0 Å². The van der Waals surface area contributed by atoms with Crippen LogP contribution >= 0.6 is 12.4 Å². The van der Waals surface area contributed by atoms with Gasteiger partial charge < -0.3 is 15.1 Å². The minimum atomic E-state index is 0. The van der Waals surface area contributed by atoms with E-state index in [0.29, 0.717) is 38.6 Å². The van der Waals surface area contributed by atoms with Crippen molar-refractivity contribution in [3.8, 4) is 0 Å². The molecule has 2 aliphatic heterocycles. The van der Waals surface area contributed by atoms with Crippen LogP contribution in [0, 0.1) is 11.8 Å². The Morgan fingerprint density at radius 2 is 1.52 bits per heavy atom. The number of nitrogens with zero attached hydrogens (tertiary/aromatic N) is 3. The van der Waals surface area contributed by atoms with Crippen molar-refractivity contribution in [2.45, 2.75) is 32.1 Å². The standard InChI is InChI=1S/C18H32N4O2.ClH/c1-19-7-4-15-5-8-20(9-6-15)14-17(23)21-10-12-22(13-11-21)18(24)16-2-3-16;/h15-16,19H,2-14H2,1H3;1H. The fourth-order valence-corrected chi connectivity index (χ4v) is 3.84. The Balaban J connectivity index is 0.00000225. The van der Waals surface area contributed by atoms with Gasteiger partial charge in [-0.05, 0) is 64.7 Å². The molecular formula is C18H33ClN4O2. The van der Waals surface area contributed by atoms with Gasteiger partial charge in [0.2, 0.25) is 11.8 Å². The zero-order valence-electron chi connectivity index (χ0n) is 15.4. The molecular weight excluding hydrogens is 340 g/mol. The average Bonchev–Trinajstić information content (AvgIpc) is 3.46. The summed E-state index contributed by atoms with van der Waals surface area (Å²) in [7, 11) is 2.01. The van der Waals surface area contributed by atoms with Crippen LogP contribution in [-0.4, -0.2) is 85.9 Å². The molecule has 144 valence electrons. The Morgan fingerprint density at radius 3 is 2.08 bits per heavy atom. The summed E-state index contributed by atoms with van der Waals surface area (Å²) in [6, 6.07) is 0. The van der Waals surface area contributed by atoms with Gasteiger partial charge in [0, 0.05) is 32.1 Å². The molecule has 0 unspecified atom stereocenters. The third-order valence-corrected chi connectivity index (χ3v) is 5.74. The number of carbonyl (C=O) groups is 2. The summed E-state index contributed by atoms with van der Waals surface area (Å²) in [5.41, 5.74) is 0. The lowest BCUT2D eigenvalue weighted by molar-refractivity contribution is -0.141. The van der Waals surface area contributed by atoms with E-state index >= 15 is 0 Å². The number of rotatable bonds is 6. The SMILES string of the molecule is CNCCC1CCN(CC(=O)N2CCN(C(=O)C3CC3)CC2)CC1.Cl. The molecule has 1 aliphatic carbocycles. The highest BCUT2D eigenvalue weighted by atomic mass is 35.5. The number of carbonyl (C=O) groups excluding carboxylic acids is 2. The summed E-state index contributed by atoms with van der Waals surface area (Å²) in [5.74, 6) is 1.64. The van der Waals surface area contributed by atoms with Crippen LogP contribution < -0.4 is 5.32 Å². The van der Waals surface area contributed by atoms with E-state index in [4.69, 9.17) is 0 Å². The molecule has 3 fully saturated rings. The van der Waals surface area contributed by atoms with Crippen LogP contribution in [0.2, 0.25) is 0 Å². The summed E-state index contributed by atoms with van der Waals surface area (Å²) in [6.45, 7) is 6.56. The number of likely N-dealkylation sites (tertiary alicyclic amines) is 1. The summed E-state index contributed by atoms with van der Waals surface area (Å²) >= 11 is 0. The van der Waals surface area contributed by atoms with Gasteiger partial charge in [-0.25, -0.2) is 0 Å². The first-order valence-corrected chi connectivity index (χ1v) is 9.61. The lowest BCUT2D eigenvalue weighted by Crippen LogP contribution is -2.53. The summed E-state index contributed by atoms with van der Waals surface area (Å²) in [4.78, 5) is 30.8. The fourth-order valence-electron chi connectivity index (χ4n) is 3.84. The maximum absolute atomic E-state index is 12.5. The number of halogens is 1. The van der Waals surface area contributed by atoms with E-state index in [9.17, 15) is 9.59 Å². The molecule has 0 aromatic carbocycles. The van der Waals surface area contributed by atoms with E-state index in [-0.39, 0.29) is 24.2 Å². The van der Waals surface area contributed by atoms with Crippen molar-refractivity contribution in [2.75, 3.05) is 59.4 Å². The third kappa shape index (κ3) is 5.83. The normalized spacial score (nSPS) is 22.6. The van der Waals surface area contributed by atoms with Crippen molar-refractivity contribution in [1.82, 2.24) is 20.0 Å². The van der Waals surface area contributed by atoms with Gasteiger partial charge in [-0.2, -0.15) is 0 Å². The quantitative estimate of drug-likeness (QED) is 0.749. The molecule has 7 heteroatoms. The molecule has 0 radical (unpaired) electrons. The van der Waals surface area contributed by atoms with Gasteiger partial charge in [0.1, 0.15) is 0 Å². The highest BCUT2D eigenvalue weighted by Gasteiger charge is 2.35. The molecule has 3 aliphatic rings. The summed E-state index contributed by atoms with van der Waals surface area (Å²) in [6.07, 6.45) is 5.77. The highest BCUT2D eigenvalue weighted by molar-refractivity contribution is 5.85. The van der Waals surface area contributed by atoms with Gasteiger partial charge in [0.15, 0.2) is 0 Å². The van der Waals surface area contributed by atoms with Crippen LogP contribution in [0.5, 0.6) is 0 Å². The minimum Gasteiger partial charge on any atom is -0.339 e. The summed E-state index contributed by atoms with van der Waals surface area (Å²) < 4.78 is 0. The third-order valence-electron chi connectivity index (χ3n) is 5.74. The molecule has 25 heavy (non-hydrogen) atoms. The van der Waals surface area contributed by atoms with E-state index in [2.05, 4.69) is 10.2 Å². The first-order chi connectivity index (χ1) is 11.7. The molecule has 1 N–H and O–H groups in total. The average molecular weight is 373 g/mol. The fraction of sp³-hybridized carbons (Fsp3) is 0.889. The van der Waals surface area contributed by atoms with Gasteiger partial charge in [-0.1, -0.05) is 0 Å². The van der Waals surface area contributed by atoms with E-state index in [1.54, 1.807) is 0 Å². The molecule has 3 rings (SSSR count). The maximum atomic E-state index is 12.5. The molecule has 2 amide bonds. The van der Waals surface area contributed by atoms with E-state index in [1.807, 2.05) is 16.8 Å². The lowest BCUT2D eigenvalue weighted by atomic mass is 9.93. The lowest BCUT2D eigenvalue weighted by Gasteiger charge is -2.37. The monoisotopic (exact) mass is 372 g/mol. The van der Waals surface area contributed by atoms with Gasteiger partial charge >= 0.3 is 0 Å². The van der Waals surface area contributed by atoms with Crippen molar-refractivity contribution < 1.29 is 9.59 Å². The predicted octanol–water partition coefficient (Wildman–Crippen LogP) is 0.811. The number of hydrogen-bond acceptors (Lipinski definition) is 4. The Morgan fingerprint density at radius 1 is 0.920 bits per heavy atom. The second-order valence-corrected chi connectivity index (χ2v) is 7.59. The second kappa shape index (κ2) is 9.74. The minimum absolute atomic E-state index is 0. The first-order valence-electron chi connectivity index (χ1n) is 9.61. The zero-order chi connectivity index (χ0) is 16.9. The number of nitrogens with one attached hydrogen (secondary N) is 1. The molecule has 2 heterocycles. The van der Waals surface area contributed by atoms with Crippen LogP contribution in [-0.2, 0) is 9.59 Å². The van der Waals surface area contributed by atoms with Crippen LogP contribution in [0.1, 0.15) is 32.1 Å². The Kier molecular flexibility index (Phi) is 7.97. The summed E-state index contributed by atoms with van der Waals surface area (Å²) in [5, 5.41) is 3.22. The van der Waals surface area contributed by atoms with Crippen molar-refractivity contribution in [3.63, 3.8) is 0 Å². The Bertz CT molecular complexity index is 442. The number of piperazine rings is 1. The molecule has 0 bridgehead atoms. The largest absolute Gasteiger partial charge is 0.339 e. The van der Waals surface area contributed by atoms with Crippen LogP contribution in [0.15, 0.2) is 0 Å². The smallest absolute Gasteiger partial charge is 0.236 e. The predicted molar refractivity (Wildman–Crippen MR) is 101 cm³/mol.